The van der Waals surface area contributed by atoms with Crippen LogP contribution in [0.2, 0.25) is 0 Å². The first-order chi connectivity index (χ1) is 15.5. The lowest BCUT2D eigenvalue weighted by Crippen LogP contribution is -2.25. The second-order valence-corrected chi connectivity index (χ2v) is 8.31. The minimum Gasteiger partial charge on any atom is -0.381 e. The van der Waals surface area contributed by atoms with Gasteiger partial charge in [0.25, 0.3) is 11.5 Å². The van der Waals surface area contributed by atoms with Crippen molar-refractivity contribution in [3.8, 4) is 0 Å². The van der Waals surface area contributed by atoms with Gasteiger partial charge in [0.2, 0.25) is 0 Å². The number of nitrogens with zero attached hydrogens (tertiary/aromatic N) is 3. The largest absolute Gasteiger partial charge is 0.381 e. The number of carbonyl (C=O) groups excluding carboxylic acids is 1. The number of ether oxygens (including phenoxy) is 1. The number of hydrogen-bond donors (Lipinski definition) is 2. The number of nitrogens with one attached hydrogen (secondary N) is 2. The molecule has 3 aromatic heterocycles. The molecule has 4 heterocycles. The first kappa shape index (κ1) is 20.4. The molecule has 8 heteroatoms. The molecule has 0 radical (unpaired) electrons. The van der Waals surface area contributed by atoms with Crippen LogP contribution in [-0.2, 0) is 11.3 Å². The van der Waals surface area contributed by atoms with Gasteiger partial charge in [-0.05, 0) is 56.0 Å². The maximum Gasteiger partial charge on any atom is 0.259 e. The smallest absolute Gasteiger partial charge is 0.259 e. The van der Waals surface area contributed by atoms with E-state index in [4.69, 9.17) is 4.74 Å². The third-order valence-electron chi connectivity index (χ3n) is 6.22. The molecule has 5 rings (SSSR count). The van der Waals surface area contributed by atoms with Crippen LogP contribution in [0.4, 0.5) is 0 Å². The summed E-state index contributed by atoms with van der Waals surface area (Å²) in [5.74, 6) is -0.175. The third-order valence-corrected chi connectivity index (χ3v) is 6.22. The Bertz CT molecular complexity index is 1380. The average molecular weight is 431 g/mol. The van der Waals surface area contributed by atoms with E-state index in [-0.39, 0.29) is 17.5 Å². The van der Waals surface area contributed by atoms with Crippen LogP contribution in [0.3, 0.4) is 0 Å². The van der Waals surface area contributed by atoms with Crippen LogP contribution in [0.1, 0.15) is 46.1 Å². The lowest BCUT2D eigenvalue weighted by molar-refractivity contribution is 0.0675. The van der Waals surface area contributed by atoms with E-state index < -0.39 is 0 Å². The molecule has 0 atom stereocenters. The molecular formula is C24H25N5O3. The zero-order valence-corrected chi connectivity index (χ0v) is 18.1. The minimum atomic E-state index is -0.175. The quantitative estimate of drug-likeness (QED) is 0.517. The molecule has 0 spiro atoms. The van der Waals surface area contributed by atoms with Gasteiger partial charge in [-0.25, -0.2) is 0 Å². The van der Waals surface area contributed by atoms with E-state index in [0.717, 1.165) is 40.6 Å². The van der Waals surface area contributed by atoms with Crippen molar-refractivity contribution >= 4 is 27.7 Å². The highest BCUT2D eigenvalue weighted by Gasteiger charge is 2.22. The van der Waals surface area contributed by atoms with Crippen molar-refractivity contribution in [1.82, 2.24) is 25.1 Å². The van der Waals surface area contributed by atoms with Gasteiger partial charge in [-0.1, -0.05) is 6.07 Å². The number of rotatable bonds is 4. The summed E-state index contributed by atoms with van der Waals surface area (Å²) >= 11 is 0. The number of H-pyrrole nitrogens is 1. The summed E-state index contributed by atoms with van der Waals surface area (Å²) in [6.07, 6.45) is 5.02. The van der Waals surface area contributed by atoms with E-state index in [0.29, 0.717) is 36.2 Å². The number of aryl methyl sites for hydroxylation is 2. The number of benzene rings is 1. The van der Waals surface area contributed by atoms with Gasteiger partial charge in [-0.2, -0.15) is 5.10 Å². The van der Waals surface area contributed by atoms with E-state index in [9.17, 15) is 9.59 Å². The number of aromatic amines is 1. The predicted molar refractivity (Wildman–Crippen MR) is 122 cm³/mol. The first-order valence-electron chi connectivity index (χ1n) is 10.8. The summed E-state index contributed by atoms with van der Waals surface area (Å²) < 4.78 is 7.43. The van der Waals surface area contributed by atoms with Crippen LogP contribution in [0, 0.1) is 13.8 Å². The molecule has 1 amide bonds. The molecule has 32 heavy (non-hydrogen) atoms. The number of amides is 1. The Morgan fingerprint density at radius 1 is 1.22 bits per heavy atom. The number of fused-ring (bicyclic) bond motifs is 3. The zero-order chi connectivity index (χ0) is 22.2. The first-order valence-corrected chi connectivity index (χ1v) is 10.8. The summed E-state index contributed by atoms with van der Waals surface area (Å²) in [6, 6.07) is 7.73. The fourth-order valence-electron chi connectivity index (χ4n) is 4.41. The monoisotopic (exact) mass is 431 g/mol. The second kappa shape index (κ2) is 8.20. The normalized spacial score (nSPS) is 14.8. The van der Waals surface area contributed by atoms with Gasteiger partial charge in [-0.15, -0.1) is 0 Å². The van der Waals surface area contributed by atoms with Crippen molar-refractivity contribution in [2.24, 2.45) is 0 Å². The van der Waals surface area contributed by atoms with Crippen molar-refractivity contribution in [3.05, 3.63) is 69.4 Å². The predicted octanol–water partition coefficient (Wildman–Crippen LogP) is 3.17. The van der Waals surface area contributed by atoms with E-state index in [1.165, 1.54) is 0 Å². The molecular weight excluding hydrogens is 406 g/mol. The fraction of sp³-hybridized carbons (Fsp3) is 0.333. The molecule has 1 aromatic carbocycles. The Morgan fingerprint density at radius 3 is 2.81 bits per heavy atom. The highest BCUT2D eigenvalue weighted by Crippen LogP contribution is 2.29. The van der Waals surface area contributed by atoms with Crippen molar-refractivity contribution < 1.29 is 9.53 Å². The molecule has 2 N–H and O–H groups in total. The van der Waals surface area contributed by atoms with Crippen molar-refractivity contribution in [1.29, 1.82) is 0 Å². The van der Waals surface area contributed by atoms with E-state index in [1.807, 2.05) is 42.8 Å². The number of pyridine rings is 2. The topological polar surface area (TPSA) is 102 Å². The molecule has 1 saturated heterocycles. The van der Waals surface area contributed by atoms with Crippen molar-refractivity contribution in [3.63, 3.8) is 0 Å². The standard InChI is InChI=1S/C24H25N5O3/c1-14-4-3-7-25-21(14)13-26-23(30)17-11-18-20(10-15(17)2)28-24(31)19-12-27-29(22(18)19)16-5-8-32-9-6-16/h3-4,7,10-12,16H,5-6,8-9,13H2,1-2H3,(H,26,30)(H,28,31). The minimum absolute atomic E-state index is 0.164. The van der Waals surface area contributed by atoms with Gasteiger partial charge in [0, 0.05) is 30.4 Å². The summed E-state index contributed by atoms with van der Waals surface area (Å²) in [6.45, 7) is 5.54. The van der Waals surface area contributed by atoms with E-state index in [1.54, 1.807) is 12.4 Å². The van der Waals surface area contributed by atoms with Crippen LogP contribution < -0.4 is 10.9 Å². The third kappa shape index (κ3) is 3.56. The van der Waals surface area contributed by atoms with Crippen LogP contribution in [0.25, 0.3) is 21.8 Å². The highest BCUT2D eigenvalue weighted by molar-refractivity contribution is 6.07. The summed E-state index contributed by atoms with van der Waals surface area (Å²) in [5.41, 5.74) is 4.52. The average Bonchev–Trinajstić information content (AvgIpc) is 3.25. The molecule has 164 valence electrons. The molecule has 1 aliphatic heterocycles. The summed E-state index contributed by atoms with van der Waals surface area (Å²) in [7, 11) is 0. The van der Waals surface area contributed by atoms with Crippen LogP contribution in [-0.4, -0.2) is 38.9 Å². The van der Waals surface area contributed by atoms with Gasteiger partial charge in [-0.3, -0.25) is 19.3 Å². The van der Waals surface area contributed by atoms with Crippen LogP contribution in [0.5, 0.6) is 0 Å². The Labute approximate surface area is 184 Å². The molecule has 8 nitrogen and oxygen atoms in total. The molecule has 0 unspecified atom stereocenters. The lowest BCUT2D eigenvalue weighted by atomic mass is 10.0. The van der Waals surface area contributed by atoms with Gasteiger partial charge >= 0.3 is 0 Å². The maximum absolute atomic E-state index is 13.1. The zero-order valence-electron chi connectivity index (χ0n) is 18.1. The molecule has 1 fully saturated rings. The molecule has 4 aromatic rings. The molecule has 0 saturated carbocycles. The van der Waals surface area contributed by atoms with Crippen molar-refractivity contribution in [2.75, 3.05) is 13.2 Å². The fourth-order valence-corrected chi connectivity index (χ4v) is 4.41. The molecule has 0 aliphatic carbocycles. The second-order valence-electron chi connectivity index (χ2n) is 8.31. The molecule has 0 bridgehead atoms. The summed E-state index contributed by atoms with van der Waals surface area (Å²) in [4.78, 5) is 33.1. The molecule has 1 aliphatic rings. The van der Waals surface area contributed by atoms with Gasteiger partial charge in [0.1, 0.15) is 0 Å². The Hall–Kier alpha value is -3.52. The maximum atomic E-state index is 13.1. The highest BCUT2D eigenvalue weighted by atomic mass is 16.5. The lowest BCUT2D eigenvalue weighted by Gasteiger charge is -2.23. The Morgan fingerprint density at radius 2 is 2.03 bits per heavy atom. The SMILES string of the molecule is Cc1cc2[nH]c(=O)c3cnn(C4CCOCC4)c3c2cc1C(=O)NCc1ncccc1C. The Kier molecular flexibility index (Phi) is 5.22. The number of carbonyl (C=O) groups is 1. The van der Waals surface area contributed by atoms with Gasteiger partial charge < -0.3 is 15.0 Å². The summed E-state index contributed by atoms with van der Waals surface area (Å²) in [5, 5.41) is 8.87. The van der Waals surface area contributed by atoms with E-state index in [2.05, 4.69) is 20.4 Å². The van der Waals surface area contributed by atoms with Crippen LogP contribution in [0.15, 0.2) is 41.5 Å². The number of aromatic nitrogens is 4. The van der Waals surface area contributed by atoms with Gasteiger partial charge in [0.15, 0.2) is 0 Å². The van der Waals surface area contributed by atoms with Gasteiger partial charge in [0.05, 0.1) is 40.9 Å². The number of hydrogen-bond acceptors (Lipinski definition) is 5. The van der Waals surface area contributed by atoms with Crippen molar-refractivity contribution in [2.45, 2.75) is 39.3 Å². The van der Waals surface area contributed by atoms with E-state index >= 15 is 0 Å². The Balaban J connectivity index is 1.57. The van der Waals surface area contributed by atoms with Crippen LogP contribution >= 0.6 is 0 Å².